The zero-order valence-electron chi connectivity index (χ0n) is 14.1. The van der Waals surface area contributed by atoms with Gasteiger partial charge in [-0.2, -0.15) is 0 Å². The van der Waals surface area contributed by atoms with Crippen LogP contribution in [-0.2, 0) is 4.74 Å². The highest BCUT2D eigenvalue weighted by atomic mass is 35.5. The van der Waals surface area contributed by atoms with Gasteiger partial charge in [0.15, 0.2) is 0 Å². The van der Waals surface area contributed by atoms with Gasteiger partial charge in [-0.25, -0.2) is 4.79 Å². The van der Waals surface area contributed by atoms with Crippen LogP contribution in [0.2, 0.25) is 5.02 Å². The Morgan fingerprint density at radius 2 is 1.87 bits per heavy atom. The Morgan fingerprint density at radius 3 is 2.35 bits per heavy atom. The van der Waals surface area contributed by atoms with Gasteiger partial charge < -0.3 is 14.7 Å². The average Bonchev–Trinajstić information content (AvgIpc) is 2.49. The number of rotatable bonds is 3. The van der Waals surface area contributed by atoms with Crippen molar-refractivity contribution in [3.8, 4) is 0 Å². The standard InChI is InChI=1S/C18H26ClNO3/c1-18(2,3)23-17(22)20-10-8-14(9-11-20)16(12-21)13-4-6-15(19)7-5-13/h4-7,14,16,21H,8-12H2,1-3H3/t16-/m1/s1. The maximum absolute atomic E-state index is 12.1. The van der Waals surface area contributed by atoms with Crippen LogP contribution in [0.25, 0.3) is 0 Å². The highest BCUT2D eigenvalue weighted by Crippen LogP contribution is 2.33. The smallest absolute Gasteiger partial charge is 0.410 e. The third-order valence-corrected chi connectivity index (χ3v) is 4.51. The van der Waals surface area contributed by atoms with E-state index in [4.69, 9.17) is 16.3 Å². The summed E-state index contributed by atoms with van der Waals surface area (Å²) in [6, 6.07) is 7.66. The number of ether oxygens (including phenoxy) is 1. The number of nitrogens with zero attached hydrogens (tertiary/aromatic N) is 1. The molecule has 1 atom stereocenters. The molecule has 1 amide bonds. The highest BCUT2D eigenvalue weighted by molar-refractivity contribution is 6.30. The number of aliphatic hydroxyl groups excluding tert-OH is 1. The molecule has 4 nitrogen and oxygen atoms in total. The molecule has 0 spiro atoms. The molecule has 0 saturated carbocycles. The Labute approximate surface area is 143 Å². The number of aliphatic hydroxyl groups is 1. The van der Waals surface area contributed by atoms with E-state index in [1.807, 2.05) is 45.0 Å². The van der Waals surface area contributed by atoms with Crippen LogP contribution in [-0.4, -0.2) is 41.4 Å². The third kappa shape index (κ3) is 5.11. The summed E-state index contributed by atoms with van der Waals surface area (Å²) >= 11 is 5.93. The number of hydrogen-bond acceptors (Lipinski definition) is 3. The molecular weight excluding hydrogens is 314 g/mol. The summed E-state index contributed by atoms with van der Waals surface area (Å²) < 4.78 is 5.42. The van der Waals surface area contributed by atoms with Crippen molar-refractivity contribution in [1.29, 1.82) is 0 Å². The van der Waals surface area contributed by atoms with Crippen LogP contribution in [0.3, 0.4) is 0 Å². The molecule has 0 radical (unpaired) electrons. The summed E-state index contributed by atoms with van der Waals surface area (Å²) in [5.74, 6) is 0.452. The van der Waals surface area contributed by atoms with E-state index in [1.54, 1.807) is 4.90 Å². The molecule has 23 heavy (non-hydrogen) atoms. The zero-order chi connectivity index (χ0) is 17.0. The second kappa shape index (κ2) is 7.54. The Morgan fingerprint density at radius 1 is 1.30 bits per heavy atom. The zero-order valence-corrected chi connectivity index (χ0v) is 14.8. The van der Waals surface area contributed by atoms with E-state index >= 15 is 0 Å². The maximum atomic E-state index is 12.1. The Kier molecular flexibility index (Phi) is 5.93. The molecule has 1 aliphatic heterocycles. The van der Waals surface area contributed by atoms with Crippen LogP contribution >= 0.6 is 11.6 Å². The van der Waals surface area contributed by atoms with Crippen molar-refractivity contribution < 1.29 is 14.6 Å². The second-order valence-corrected chi connectivity index (χ2v) is 7.58. The molecule has 1 aromatic rings. The first-order valence-electron chi connectivity index (χ1n) is 8.14. The lowest BCUT2D eigenvalue weighted by Gasteiger charge is -2.36. The Hall–Kier alpha value is -1.26. The van der Waals surface area contributed by atoms with Crippen molar-refractivity contribution >= 4 is 17.7 Å². The van der Waals surface area contributed by atoms with E-state index in [0.717, 1.165) is 18.4 Å². The van der Waals surface area contributed by atoms with Crippen LogP contribution in [0.1, 0.15) is 45.1 Å². The number of carbonyl (C=O) groups is 1. The lowest BCUT2D eigenvalue weighted by molar-refractivity contribution is 0.0165. The molecule has 1 fully saturated rings. The molecule has 1 N–H and O–H groups in total. The molecule has 1 aliphatic rings. The quantitative estimate of drug-likeness (QED) is 0.903. The Balaban J connectivity index is 1.94. The normalized spacial score (nSPS) is 17.9. The summed E-state index contributed by atoms with van der Waals surface area (Å²) in [5.41, 5.74) is 0.637. The molecule has 1 saturated heterocycles. The van der Waals surface area contributed by atoms with Gasteiger partial charge in [0.1, 0.15) is 5.60 Å². The van der Waals surface area contributed by atoms with E-state index in [0.29, 0.717) is 24.0 Å². The summed E-state index contributed by atoms with van der Waals surface area (Å²) in [6.07, 6.45) is 1.49. The number of amides is 1. The van der Waals surface area contributed by atoms with Gasteiger partial charge in [-0.05, 0) is 57.2 Å². The molecular formula is C18H26ClNO3. The number of likely N-dealkylation sites (tertiary alicyclic amines) is 1. The SMILES string of the molecule is CC(C)(C)OC(=O)N1CCC([C@H](CO)c2ccc(Cl)cc2)CC1. The topological polar surface area (TPSA) is 49.8 Å². The van der Waals surface area contributed by atoms with Gasteiger partial charge in [0.25, 0.3) is 0 Å². The molecule has 0 aromatic heterocycles. The average molecular weight is 340 g/mol. The monoisotopic (exact) mass is 339 g/mol. The Bertz CT molecular complexity index is 516. The van der Waals surface area contributed by atoms with E-state index < -0.39 is 5.60 Å². The van der Waals surface area contributed by atoms with Gasteiger partial charge in [0.05, 0.1) is 6.61 Å². The summed E-state index contributed by atoms with van der Waals surface area (Å²) in [7, 11) is 0. The van der Waals surface area contributed by atoms with Crippen LogP contribution in [0.4, 0.5) is 4.79 Å². The largest absolute Gasteiger partial charge is 0.444 e. The third-order valence-electron chi connectivity index (χ3n) is 4.26. The molecule has 5 heteroatoms. The fraction of sp³-hybridized carbons (Fsp3) is 0.611. The number of hydrogen-bond donors (Lipinski definition) is 1. The second-order valence-electron chi connectivity index (χ2n) is 7.15. The predicted molar refractivity (Wildman–Crippen MR) is 91.8 cm³/mol. The molecule has 0 unspecified atom stereocenters. The lowest BCUT2D eigenvalue weighted by Crippen LogP contribution is -2.42. The van der Waals surface area contributed by atoms with Crippen molar-refractivity contribution in [2.75, 3.05) is 19.7 Å². The summed E-state index contributed by atoms with van der Waals surface area (Å²) in [5, 5.41) is 10.5. The number of piperidine rings is 1. The van der Waals surface area contributed by atoms with Gasteiger partial charge in [-0.1, -0.05) is 23.7 Å². The van der Waals surface area contributed by atoms with Crippen LogP contribution in [0.5, 0.6) is 0 Å². The van der Waals surface area contributed by atoms with Gasteiger partial charge in [0, 0.05) is 24.0 Å². The van der Waals surface area contributed by atoms with Gasteiger partial charge >= 0.3 is 6.09 Å². The molecule has 128 valence electrons. The first-order valence-corrected chi connectivity index (χ1v) is 8.52. The van der Waals surface area contributed by atoms with Gasteiger partial charge in [-0.3, -0.25) is 0 Å². The fourth-order valence-electron chi connectivity index (χ4n) is 3.05. The number of carbonyl (C=O) groups excluding carboxylic acids is 1. The number of benzene rings is 1. The van der Waals surface area contributed by atoms with E-state index in [9.17, 15) is 9.90 Å². The van der Waals surface area contributed by atoms with Gasteiger partial charge in [0.2, 0.25) is 0 Å². The maximum Gasteiger partial charge on any atom is 0.410 e. The minimum absolute atomic E-state index is 0.0908. The van der Waals surface area contributed by atoms with Crippen molar-refractivity contribution in [2.45, 2.75) is 45.1 Å². The predicted octanol–water partition coefficient (Wildman–Crippen LogP) is 4.06. The molecule has 0 aliphatic carbocycles. The van der Waals surface area contributed by atoms with E-state index in [2.05, 4.69) is 0 Å². The fourth-order valence-corrected chi connectivity index (χ4v) is 3.17. The van der Waals surface area contributed by atoms with E-state index in [1.165, 1.54) is 0 Å². The number of halogens is 1. The summed E-state index contributed by atoms with van der Waals surface area (Å²) in [6.45, 7) is 7.08. The van der Waals surface area contributed by atoms with Crippen LogP contribution in [0.15, 0.2) is 24.3 Å². The highest BCUT2D eigenvalue weighted by Gasteiger charge is 2.31. The minimum atomic E-state index is -0.467. The van der Waals surface area contributed by atoms with Crippen molar-refractivity contribution in [1.82, 2.24) is 4.90 Å². The van der Waals surface area contributed by atoms with Crippen LogP contribution < -0.4 is 0 Å². The first kappa shape index (κ1) is 18.1. The van der Waals surface area contributed by atoms with Gasteiger partial charge in [-0.15, -0.1) is 0 Å². The first-order chi connectivity index (χ1) is 10.8. The van der Waals surface area contributed by atoms with Crippen molar-refractivity contribution in [3.05, 3.63) is 34.9 Å². The van der Waals surface area contributed by atoms with E-state index in [-0.39, 0.29) is 18.6 Å². The molecule has 0 bridgehead atoms. The van der Waals surface area contributed by atoms with Crippen molar-refractivity contribution in [2.24, 2.45) is 5.92 Å². The lowest BCUT2D eigenvalue weighted by atomic mass is 9.80. The van der Waals surface area contributed by atoms with Crippen molar-refractivity contribution in [3.63, 3.8) is 0 Å². The minimum Gasteiger partial charge on any atom is -0.444 e. The molecule has 1 heterocycles. The molecule has 1 aromatic carbocycles. The van der Waals surface area contributed by atoms with Crippen LogP contribution in [0, 0.1) is 5.92 Å². The molecule has 2 rings (SSSR count). The summed E-state index contributed by atoms with van der Waals surface area (Å²) in [4.78, 5) is 13.9.